The molecule has 0 radical (unpaired) electrons. The van der Waals surface area contributed by atoms with Crippen LogP contribution in [0.25, 0.3) is 10.9 Å². The summed E-state index contributed by atoms with van der Waals surface area (Å²) < 4.78 is 2.24. The predicted octanol–water partition coefficient (Wildman–Crippen LogP) is 3.58. The van der Waals surface area contributed by atoms with Gasteiger partial charge in [-0.3, -0.25) is 4.98 Å². The summed E-state index contributed by atoms with van der Waals surface area (Å²) in [7, 11) is 0. The first kappa shape index (κ1) is 13.8. The standard InChI is InChI=1S/C18H21N3/c1-2-9-19-12-15-8-11-21(13-15)14-16-7-10-20-18-6-4-3-5-17(16)18/h3-8,10-11,13,19H,2,9,12,14H2,1H3. The van der Waals surface area contributed by atoms with Crippen molar-refractivity contribution >= 4 is 10.9 Å². The fourth-order valence-electron chi connectivity index (χ4n) is 2.59. The van der Waals surface area contributed by atoms with Gasteiger partial charge in [0.25, 0.3) is 0 Å². The Morgan fingerprint density at radius 2 is 2.05 bits per heavy atom. The lowest BCUT2D eigenvalue weighted by Gasteiger charge is -2.07. The molecule has 0 fully saturated rings. The van der Waals surface area contributed by atoms with Crippen LogP contribution in [0.4, 0.5) is 0 Å². The molecule has 0 aliphatic rings. The van der Waals surface area contributed by atoms with Crippen molar-refractivity contribution in [1.29, 1.82) is 0 Å². The smallest absolute Gasteiger partial charge is 0.0705 e. The molecule has 0 unspecified atom stereocenters. The second-order valence-corrected chi connectivity index (χ2v) is 5.36. The highest BCUT2D eigenvalue weighted by Crippen LogP contribution is 2.17. The van der Waals surface area contributed by atoms with Gasteiger partial charge >= 0.3 is 0 Å². The van der Waals surface area contributed by atoms with Gasteiger partial charge in [0.1, 0.15) is 0 Å². The molecule has 1 aromatic carbocycles. The van der Waals surface area contributed by atoms with Gasteiger partial charge in [-0.1, -0.05) is 25.1 Å². The number of rotatable bonds is 6. The quantitative estimate of drug-likeness (QED) is 0.699. The second kappa shape index (κ2) is 6.55. The average Bonchev–Trinajstić information content (AvgIpc) is 2.96. The van der Waals surface area contributed by atoms with Gasteiger partial charge in [0.15, 0.2) is 0 Å². The Kier molecular flexibility index (Phi) is 4.31. The molecule has 0 saturated heterocycles. The van der Waals surface area contributed by atoms with E-state index in [4.69, 9.17) is 0 Å². The molecular formula is C18H21N3. The fraction of sp³-hybridized carbons (Fsp3) is 0.278. The van der Waals surface area contributed by atoms with Crippen LogP contribution in [-0.2, 0) is 13.1 Å². The number of fused-ring (bicyclic) bond motifs is 1. The molecule has 0 aliphatic heterocycles. The Hall–Kier alpha value is -2.13. The lowest BCUT2D eigenvalue weighted by Crippen LogP contribution is -2.13. The SMILES string of the molecule is CCCNCc1ccn(Cc2ccnc3ccccc23)c1. The molecule has 108 valence electrons. The molecule has 21 heavy (non-hydrogen) atoms. The summed E-state index contributed by atoms with van der Waals surface area (Å²) in [6.45, 7) is 5.08. The van der Waals surface area contributed by atoms with Gasteiger partial charge in [0, 0.05) is 37.1 Å². The van der Waals surface area contributed by atoms with Crippen molar-refractivity contribution in [3.05, 3.63) is 66.1 Å². The molecule has 3 heteroatoms. The maximum absolute atomic E-state index is 4.42. The van der Waals surface area contributed by atoms with Crippen LogP contribution in [0.5, 0.6) is 0 Å². The van der Waals surface area contributed by atoms with E-state index in [-0.39, 0.29) is 0 Å². The van der Waals surface area contributed by atoms with Crippen LogP contribution in [0, 0.1) is 0 Å². The average molecular weight is 279 g/mol. The Labute approximate surface area is 125 Å². The molecule has 0 saturated carbocycles. The van der Waals surface area contributed by atoms with Crippen LogP contribution in [0.2, 0.25) is 0 Å². The van der Waals surface area contributed by atoms with E-state index in [0.717, 1.165) is 25.2 Å². The van der Waals surface area contributed by atoms with Crippen molar-refractivity contribution in [3.63, 3.8) is 0 Å². The number of aromatic nitrogens is 2. The van der Waals surface area contributed by atoms with E-state index in [9.17, 15) is 0 Å². The number of nitrogens with one attached hydrogen (secondary N) is 1. The number of hydrogen-bond acceptors (Lipinski definition) is 2. The van der Waals surface area contributed by atoms with Crippen molar-refractivity contribution in [3.8, 4) is 0 Å². The zero-order valence-electron chi connectivity index (χ0n) is 12.4. The van der Waals surface area contributed by atoms with E-state index in [2.05, 4.69) is 64.5 Å². The Balaban J connectivity index is 1.76. The number of benzene rings is 1. The normalized spacial score (nSPS) is 11.1. The highest BCUT2D eigenvalue weighted by Gasteiger charge is 2.03. The first-order chi connectivity index (χ1) is 10.4. The second-order valence-electron chi connectivity index (χ2n) is 5.36. The molecule has 1 N–H and O–H groups in total. The summed E-state index contributed by atoms with van der Waals surface area (Å²) in [5.41, 5.74) is 3.71. The minimum Gasteiger partial charge on any atom is -0.350 e. The number of pyridine rings is 1. The van der Waals surface area contributed by atoms with Crippen molar-refractivity contribution in [2.24, 2.45) is 0 Å². The Bertz CT molecular complexity index is 710. The van der Waals surface area contributed by atoms with E-state index in [1.54, 1.807) is 0 Å². The summed E-state index contributed by atoms with van der Waals surface area (Å²) in [5, 5.41) is 4.67. The molecule has 2 heterocycles. The molecule has 3 nitrogen and oxygen atoms in total. The maximum Gasteiger partial charge on any atom is 0.0705 e. The molecule has 0 aliphatic carbocycles. The number of hydrogen-bond donors (Lipinski definition) is 1. The largest absolute Gasteiger partial charge is 0.350 e. The zero-order chi connectivity index (χ0) is 14.5. The molecule has 0 bridgehead atoms. The van der Waals surface area contributed by atoms with Crippen molar-refractivity contribution in [2.45, 2.75) is 26.4 Å². The van der Waals surface area contributed by atoms with Gasteiger partial charge in [0.05, 0.1) is 5.52 Å². The van der Waals surface area contributed by atoms with Gasteiger partial charge in [-0.15, -0.1) is 0 Å². The molecule has 0 spiro atoms. The number of nitrogens with zero attached hydrogens (tertiary/aromatic N) is 2. The van der Waals surface area contributed by atoms with Crippen LogP contribution in [-0.4, -0.2) is 16.1 Å². The van der Waals surface area contributed by atoms with E-state index in [1.165, 1.54) is 22.9 Å². The van der Waals surface area contributed by atoms with Gasteiger partial charge in [-0.2, -0.15) is 0 Å². The van der Waals surface area contributed by atoms with Gasteiger partial charge < -0.3 is 9.88 Å². The molecule has 3 rings (SSSR count). The third-order valence-corrected chi connectivity index (χ3v) is 3.66. The van der Waals surface area contributed by atoms with E-state index in [1.807, 2.05) is 12.3 Å². The lowest BCUT2D eigenvalue weighted by atomic mass is 10.1. The molecule has 2 aromatic heterocycles. The summed E-state index contributed by atoms with van der Waals surface area (Å²) in [4.78, 5) is 4.42. The van der Waals surface area contributed by atoms with Gasteiger partial charge in [-0.25, -0.2) is 0 Å². The third kappa shape index (κ3) is 3.31. The summed E-state index contributed by atoms with van der Waals surface area (Å²) >= 11 is 0. The van der Waals surface area contributed by atoms with Crippen molar-refractivity contribution in [1.82, 2.24) is 14.9 Å². The minimum atomic E-state index is 0.886. The highest BCUT2D eigenvalue weighted by atomic mass is 14.9. The third-order valence-electron chi connectivity index (χ3n) is 3.66. The first-order valence-electron chi connectivity index (χ1n) is 7.55. The lowest BCUT2D eigenvalue weighted by molar-refractivity contribution is 0.673. The number of para-hydroxylation sites is 1. The first-order valence-corrected chi connectivity index (χ1v) is 7.55. The molecule has 3 aromatic rings. The van der Waals surface area contributed by atoms with Crippen LogP contribution in [0.3, 0.4) is 0 Å². The highest BCUT2D eigenvalue weighted by molar-refractivity contribution is 5.81. The monoisotopic (exact) mass is 279 g/mol. The maximum atomic E-state index is 4.42. The van der Waals surface area contributed by atoms with Crippen LogP contribution in [0.15, 0.2) is 55.0 Å². The summed E-state index contributed by atoms with van der Waals surface area (Å²) in [5.74, 6) is 0. The molecule has 0 amide bonds. The Morgan fingerprint density at radius 1 is 1.14 bits per heavy atom. The van der Waals surface area contributed by atoms with Crippen LogP contribution in [0.1, 0.15) is 24.5 Å². The van der Waals surface area contributed by atoms with Gasteiger partial charge in [-0.05, 0) is 42.3 Å². The fourth-order valence-corrected chi connectivity index (χ4v) is 2.59. The summed E-state index contributed by atoms with van der Waals surface area (Å²) in [6.07, 6.45) is 7.44. The van der Waals surface area contributed by atoms with Crippen molar-refractivity contribution in [2.75, 3.05) is 6.54 Å². The Morgan fingerprint density at radius 3 is 2.95 bits per heavy atom. The summed E-state index contributed by atoms with van der Waals surface area (Å²) in [6, 6.07) is 12.6. The minimum absolute atomic E-state index is 0.886. The van der Waals surface area contributed by atoms with E-state index >= 15 is 0 Å². The van der Waals surface area contributed by atoms with Gasteiger partial charge in [0.2, 0.25) is 0 Å². The zero-order valence-corrected chi connectivity index (χ0v) is 12.4. The van der Waals surface area contributed by atoms with Crippen molar-refractivity contribution < 1.29 is 0 Å². The van der Waals surface area contributed by atoms with E-state index in [0.29, 0.717) is 0 Å². The molecule has 0 atom stereocenters. The van der Waals surface area contributed by atoms with Crippen LogP contribution < -0.4 is 5.32 Å². The molecular weight excluding hydrogens is 258 g/mol. The van der Waals surface area contributed by atoms with Crippen LogP contribution >= 0.6 is 0 Å². The predicted molar refractivity (Wildman–Crippen MR) is 87.3 cm³/mol. The topological polar surface area (TPSA) is 29.9 Å². The van der Waals surface area contributed by atoms with E-state index < -0.39 is 0 Å².